The smallest absolute Gasteiger partial charge is 0.248 e. The molecule has 1 atom stereocenters. The van der Waals surface area contributed by atoms with Gasteiger partial charge in [-0.25, -0.2) is 8.42 Å². The molecule has 1 saturated heterocycles. The first-order valence-electron chi connectivity index (χ1n) is 8.50. The molecule has 2 aromatic rings. The highest BCUT2D eigenvalue weighted by Crippen LogP contribution is 2.32. The van der Waals surface area contributed by atoms with Gasteiger partial charge in [0.15, 0.2) is 5.76 Å². The Balaban J connectivity index is 1.89. The van der Waals surface area contributed by atoms with Crippen LogP contribution in [0.3, 0.4) is 0 Å². The average Bonchev–Trinajstić information content (AvgIpc) is 2.81. The van der Waals surface area contributed by atoms with Crippen LogP contribution in [0.2, 0.25) is 0 Å². The number of hydrogen-bond acceptors (Lipinski definition) is 5. The van der Waals surface area contributed by atoms with Crippen molar-refractivity contribution in [1.82, 2.24) is 9.46 Å². The van der Waals surface area contributed by atoms with Crippen molar-refractivity contribution in [3.8, 4) is 5.75 Å². The number of benzene rings is 1. The highest BCUT2D eigenvalue weighted by atomic mass is 32.2. The fraction of sp³-hybridized carbons (Fsp3) is 0.500. The summed E-state index contributed by atoms with van der Waals surface area (Å²) in [5.41, 5.74) is 1.56. The number of nitrogens with zero attached hydrogens (tertiary/aromatic N) is 2. The predicted molar refractivity (Wildman–Crippen MR) is 94.3 cm³/mol. The lowest BCUT2D eigenvalue weighted by Crippen LogP contribution is -2.34. The predicted octanol–water partition coefficient (Wildman–Crippen LogP) is 3.26. The molecule has 0 bridgehead atoms. The van der Waals surface area contributed by atoms with Crippen LogP contribution in [0.25, 0.3) is 0 Å². The summed E-state index contributed by atoms with van der Waals surface area (Å²) >= 11 is 0. The summed E-state index contributed by atoms with van der Waals surface area (Å²) in [5.74, 6) is 1.32. The van der Waals surface area contributed by atoms with Crippen molar-refractivity contribution in [3.63, 3.8) is 0 Å². The number of rotatable bonds is 4. The molecule has 136 valence electrons. The maximum Gasteiger partial charge on any atom is 0.248 e. The van der Waals surface area contributed by atoms with Crippen LogP contribution in [0.1, 0.15) is 42.2 Å². The standard InChI is InChI=1S/C18H24N2O4S/c1-13-18(14(2)24-19-13)25(21,22)20-11-5-4-6-16(12-20)15-7-9-17(23-3)10-8-15/h7-10,16H,4-6,11-12H2,1-3H3. The molecule has 0 aliphatic carbocycles. The van der Waals surface area contributed by atoms with Gasteiger partial charge in [-0.15, -0.1) is 0 Å². The van der Waals surface area contributed by atoms with Gasteiger partial charge in [-0.2, -0.15) is 4.31 Å². The molecule has 0 N–H and O–H groups in total. The van der Waals surface area contributed by atoms with E-state index in [0.717, 1.165) is 30.6 Å². The Kier molecular flexibility index (Phi) is 5.15. The summed E-state index contributed by atoms with van der Waals surface area (Å²) in [5, 5.41) is 3.80. The maximum absolute atomic E-state index is 13.1. The van der Waals surface area contributed by atoms with E-state index in [9.17, 15) is 8.42 Å². The first kappa shape index (κ1) is 17.9. The van der Waals surface area contributed by atoms with Crippen LogP contribution < -0.4 is 4.74 Å². The summed E-state index contributed by atoms with van der Waals surface area (Å²) in [6, 6.07) is 7.89. The number of ether oxygens (including phenoxy) is 1. The highest BCUT2D eigenvalue weighted by molar-refractivity contribution is 7.89. The number of sulfonamides is 1. The van der Waals surface area contributed by atoms with Gasteiger partial charge < -0.3 is 9.26 Å². The van der Waals surface area contributed by atoms with E-state index in [1.165, 1.54) is 0 Å². The Morgan fingerprint density at radius 3 is 2.52 bits per heavy atom. The zero-order valence-electron chi connectivity index (χ0n) is 14.9. The Hall–Kier alpha value is -1.86. The molecule has 1 aromatic heterocycles. The summed E-state index contributed by atoms with van der Waals surface area (Å²) in [4.78, 5) is 0.211. The van der Waals surface area contributed by atoms with E-state index in [2.05, 4.69) is 5.16 Å². The van der Waals surface area contributed by atoms with Crippen molar-refractivity contribution in [2.24, 2.45) is 0 Å². The quantitative estimate of drug-likeness (QED) is 0.833. The van der Waals surface area contributed by atoms with Crippen molar-refractivity contribution in [3.05, 3.63) is 41.3 Å². The van der Waals surface area contributed by atoms with E-state index in [0.29, 0.717) is 24.5 Å². The van der Waals surface area contributed by atoms with Gasteiger partial charge in [0.2, 0.25) is 10.0 Å². The fourth-order valence-corrected chi connectivity index (χ4v) is 5.26. The summed E-state index contributed by atoms with van der Waals surface area (Å²) < 4.78 is 38.1. The van der Waals surface area contributed by atoms with E-state index < -0.39 is 10.0 Å². The first-order chi connectivity index (χ1) is 11.9. The minimum absolute atomic E-state index is 0.170. The largest absolute Gasteiger partial charge is 0.497 e. The van der Waals surface area contributed by atoms with E-state index in [-0.39, 0.29) is 10.8 Å². The van der Waals surface area contributed by atoms with Crippen molar-refractivity contribution in [2.45, 2.75) is 43.9 Å². The molecule has 1 fully saturated rings. The first-order valence-corrected chi connectivity index (χ1v) is 9.94. The van der Waals surface area contributed by atoms with Gasteiger partial charge in [0.25, 0.3) is 0 Å². The van der Waals surface area contributed by atoms with Crippen LogP contribution in [0.5, 0.6) is 5.75 Å². The zero-order chi connectivity index (χ0) is 18.0. The molecule has 1 unspecified atom stereocenters. The van der Waals surface area contributed by atoms with Crippen LogP contribution >= 0.6 is 0 Å². The molecular formula is C18H24N2O4S. The fourth-order valence-electron chi connectivity index (χ4n) is 3.45. The third-order valence-corrected chi connectivity index (χ3v) is 6.90. The van der Waals surface area contributed by atoms with Crippen molar-refractivity contribution in [1.29, 1.82) is 0 Å². The third kappa shape index (κ3) is 3.57. The van der Waals surface area contributed by atoms with Crippen molar-refractivity contribution < 1.29 is 17.7 Å². The molecule has 3 rings (SSSR count). The molecule has 1 aliphatic rings. The van der Waals surface area contributed by atoms with Gasteiger partial charge in [0.05, 0.1) is 7.11 Å². The Bertz CT molecular complexity index is 808. The van der Waals surface area contributed by atoms with Gasteiger partial charge in [-0.1, -0.05) is 23.7 Å². The Morgan fingerprint density at radius 2 is 1.92 bits per heavy atom. The summed E-state index contributed by atoms with van der Waals surface area (Å²) in [7, 11) is -1.97. The molecule has 6 nitrogen and oxygen atoms in total. The molecule has 2 heterocycles. The molecule has 1 aromatic carbocycles. The van der Waals surface area contributed by atoms with Crippen LogP contribution in [0.15, 0.2) is 33.7 Å². The zero-order valence-corrected chi connectivity index (χ0v) is 15.7. The second-order valence-corrected chi connectivity index (χ2v) is 8.36. The molecule has 0 saturated carbocycles. The minimum Gasteiger partial charge on any atom is -0.497 e. The van der Waals surface area contributed by atoms with Gasteiger partial charge in [0, 0.05) is 13.1 Å². The lowest BCUT2D eigenvalue weighted by atomic mass is 9.94. The van der Waals surface area contributed by atoms with Crippen LogP contribution in [0, 0.1) is 13.8 Å². The van der Waals surface area contributed by atoms with Gasteiger partial charge in [-0.05, 0) is 50.3 Å². The molecule has 0 radical (unpaired) electrons. The van der Waals surface area contributed by atoms with Crippen LogP contribution in [0.4, 0.5) is 0 Å². The van der Waals surface area contributed by atoms with Crippen molar-refractivity contribution >= 4 is 10.0 Å². The van der Waals surface area contributed by atoms with Crippen molar-refractivity contribution in [2.75, 3.05) is 20.2 Å². The average molecular weight is 364 g/mol. The number of methoxy groups -OCH3 is 1. The second-order valence-electron chi connectivity index (χ2n) is 6.48. The SMILES string of the molecule is COc1ccc(C2CCCCN(S(=O)(=O)c3c(C)noc3C)C2)cc1. The number of hydrogen-bond donors (Lipinski definition) is 0. The van der Waals surface area contributed by atoms with Gasteiger partial charge in [-0.3, -0.25) is 0 Å². The normalized spacial score (nSPS) is 19.6. The lowest BCUT2D eigenvalue weighted by Gasteiger charge is -2.24. The number of aryl methyl sites for hydroxylation is 2. The monoisotopic (exact) mass is 364 g/mol. The number of aromatic nitrogens is 1. The topological polar surface area (TPSA) is 72.6 Å². The van der Waals surface area contributed by atoms with Gasteiger partial charge >= 0.3 is 0 Å². The maximum atomic E-state index is 13.1. The lowest BCUT2D eigenvalue weighted by molar-refractivity contribution is 0.386. The van der Waals surface area contributed by atoms with Crippen LogP contribution in [-0.2, 0) is 10.0 Å². The van der Waals surface area contributed by atoms with E-state index in [4.69, 9.17) is 9.26 Å². The molecule has 7 heteroatoms. The summed E-state index contributed by atoms with van der Waals surface area (Å²) in [6.07, 6.45) is 2.83. The van der Waals surface area contributed by atoms with E-state index in [1.807, 2.05) is 24.3 Å². The second kappa shape index (κ2) is 7.17. The van der Waals surface area contributed by atoms with Gasteiger partial charge in [0.1, 0.15) is 16.3 Å². The Morgan fingerprint density at radius 1 is 1.20 bits per heavy atom. The molecule has 0 spiro atoms. The summed E-state index contributed by atoms with van der Waals surface area (Å²) in [6.45, 7) is 4.31. The van der Waals surface area contributed by atoms with E-state index in [1.54, 1.807) is 25.3 Å². The highest BCUT2D eigenvalue weighted by Gasteiger charge is 2.33. The Labute approximate surface area is 148 Å². The van der Waals surface area contributed by atoms with E-state index >= 15 is 0 Å². The molecular weight excluding hydrogens is 340 g/mol. The molecule has 25 heavy (non-hydrogen) atoms. The molecule has 0 amide bonds. The minimum atomic E-state index is -3.60. The van der Waals surface area contributed by atoms with Crippen LogP contribution in [-0.4, -0.2) is 38.1 Å². The third-order valence-electron chi connectivity index (χ3n) is 4.79. The molecule has 1 aliphatic heterocycles.